The third-order valence-corrected chi connectivity index (χ3v) is 2.65. The minimum Gasteiger partial charge on any atom is -0.399 e. The summed E-state index contributed by atoms with van der Waals surface area (Å²) in [6, 6.07) is 11.7. The Morgan fingerprint density at radius 2 is 1.88 bits per heavy atom. The molecule has 0 unspecified atom stereocenters. The maximum atomic E-state index is 13.1. The number of nitrogens with zero attached hydrogens (tertiary/aromatic N) is 1. The summed E-state index contributed by atoms with van der Waals surface area (Å²) in [7, 11) is 0. The predicted molar refractivity (Wildman–Crippen MR) is 65.7 cm³/mol. The molecule has 0 heterocycles. The summed E-state index contributed by atoms with van der Waals surface area (Å²) in [5.74, 6) is -0.410. The fourth-order valence-electron chi connectivity index (χ4n) is 1.77. The molecule has 2 aromatic carbocycles. The van der Waals surface area contributed by atoms with E-state index in [0.717, 1.165) is 11.1 Å². The maximum Gasteiger partial charge on any atom is 0.124 e. The first-order chi connectivity index (χ1) is 8.11. The molecular formula is C14H11FN2. The summed E-state index contributed by atoms with van der Waals surface area (Å²) in [6.45, 7) is 1.93. The van der Waals surface area contributed by atoms with Crippen LogP contribution < -0.4 is 5.73 Å². The minimum atomic E-state index is -0.410. The Hall–Kier alpha value is -2.34. The molecule has 0 atom stereocenters. The van der Waals surface area contributed by atoms with Crippen molar-refractivity contribution in [3.8, 4) is 17.2 Å². The Labute approximate surface area is 99.1 Å². The Morgan fingerprint density at radius 3 is 2.59 bits per heavy atom. The molecule has 0 spiro atoms. The van der Waals surface area contributed by atoms with Crippen molar-refractivity contribution in [3.63, 3.8) is 0 Å². The van der Waals surface area contributed by atoms with Crippen LogP contribution in [0.2, 0.25) is 0 Å². The number of benzene rings is 2. The van der Waals surface area contributed by atoms with Gasteiger partial charge in [-0.15, -0.1) is 0 Å². The molecule has 2 nitrogen and oxygen atoms in total. The molecule has 0 aromatic heterocycles. The average Bonchev–Trinajstić information content (AvgIpc) is 2.32. The fourth-order valence-corrected chi connectivity index (χ4v) is 1.77. The number of nitrogen functional groups attached to an aromatic ring is 1. The van der Waals surface area contributed by atoms with Crippen molar-refractivity contribution in [2.75, 3.05) is 5.73 Å². The van der Waals surface area contributed by atoms with E-state index in [4.69, 9.17) is 11.0 Å². The van der Waals surface area contributed by atoms with Crippen molar-refractivity contribution >= 4 is 5.69 Å². The van der Waals surface area contributed by atoms with E-state index in [1.54, 1.807) is 18.2 Å². The molecular weight excluding hydrogens is 215 g/mol. The van der Waals surface area contributed by atoms with Crippen LogP contribution >= 0.6 is 0 Å². The van der Waals surface area contributed by atoms with Crippen molar-refractivity contribution in [1.29, 1.82) is 5.26 Å². The van der Waals surface area contributed by atoms with Gasteiger partial charge in [-0.25, -0.2) is 4.39 Å². The molecule has 3 heteroatoms. The lowest BCUT2D eigenvalue weighted by molar-refractivity contribution is 0.627. The number of nitriles is 1. The van der Waals surface area contributed by atoms with Gasteiger partial charge in [0.05, 0.1) is 11.6 Å². The van der Waals surface area contributed by atoms with Crippen molar-refractivity contribution in [2.24, 2.45) is 0 Å². The number of halogens is 1. The third-order valence-electron chi connectivity index (χ3n) is 2.65. The van der Waals surface area contributed by atoms with Gasteiger partial charge in [-0.05, 0) is 47.9 Å². The minimum absolute atomic E-state index is 0.318. The Kier molecular flexibility index (Phi) is 2.80. The van der Waals surface area contributed by atoms with Crippen LogP contribution in [-0.2, 0) is 0 Å². The van der Waals surface area contributed by atoms with Crippen molar-refractivity contribution in [3.05, 3.63) is 53.3 Å². The van der Waals surface area contributed by atoms with E-state index >= 15 is 0 Å². The molecule has 2 aromatic rings. The summed E-state index contributed by atoms with van der Waals surface area (Å²) in [4.78, 5) is 0. The molecule has 0 aliphatic carbocycles. The van der Waals surface area contributed by atoms with Gasteiger partial charge in [0, 0.05) is 5.69 Å². The average molecular weight is 226 g/mol. The fraction of sp³-hybridized carbons (Fsp3) is 0.0714. The number of hydrogen-bond donors (Lipinski definition) is 1. The van der Waals surface area contributed by atoms with Crippen LogP contribution in [0.25, 0.3) is 11.1 Å². The highest BCUT2D eigenvalue weighted by molar-refractivity contribution is 5.75. The van der Waals surface area contributed by atoms with Gasteiger partial charge in [0.1, 0.15) is 5.82 Å². The van der Waals surface area contributed by atoms with Gasteiger partial charge in [0.15, 0.2) is 0 Å². The molecule has 0 fully saturated rings. The van der Waals surface area contributed by atoms with E-state index in [9.17, 15) is 4.39 Å². The van der Waals surface area contributed by atoms with Gasteiger partial charge in [-0.1, -0.05) is 12.1 Å². The van der Waals surface area contributed by atoms with E-state index in [0.29, 0.717) is 16.8 Å². The molecule has 0 aliphatic heterocycles. The van der Waals surface area contributed by atoms with Crippen LogP contribution in [0.5, 0.6) is 0 Å². The van der Waals surface area contributed by atoms with Crippen LogP contribution in [0, 0.1) is 24.1 Å². The third kappa shape index (κ3) is 2.11. The van der Waals surface area contributed by atoms with Crippen molar-refractivity contribution in [1.82, 2.24) is 0 Å². The Balaban J connectivity index is 2.69. The molecule has 0 saturated carbocycles. The zero-order valence-electron chi connectivity index (χ0n) is 9.37. The molecule has 2 N–H and O–H groups in total. The Morgan fingerprint density at radius 1 is 1.12 bits per heavy atom. The van der Waals surface area contributed by atoms with E-state index in [1.165, 1.54) is 12.1 Å². The zero-order chi connectivity index (χ0) is 12.4. The summed E-state index contributed by atoms with van der Waals surface area (Å²) in [5.41, 5.74) is 9.24. The van der Waals surface area contributed by atoms with Crippen molar-refractivity contribution < 1.29 is 4.39 Å². The maximum absolute atomic E-state index is 13.1. The summed E-state index contributed by atoms with van der Waals surface area (Å²) in [6.07, 6.45) is 0. The second-order valence-corrected chi connectivity index (χ2v) is 3.88. The number of rotatable bonds is 1. The first-order valence-electron chi connectivity index (χ1n) is 5.18. The van der Waals surface area contributed by atoms with Crippen molar-refractivity contribution in [2.45, 2.75) is 6.92 Å². The lowest BCUT2D eigenvalue weighted by Crippen LogP contribution is -1.92. The molecule has 0 radical (unpaired) electrons. The van der Waals surface area contributed by atoms with Gasteiger partial charge < -0.3 is 5.73 Å². The highest BCUT2D eigenvalue weighted by atomic mass is 19.1. The van der Waals surface area contributed by atoms with E-state index in [2.05, 4.69) is 0 Å². The van der Waals surface area contributed by atoms with Gasteiger partial charge in [-0.3, -0.25) is 0 Å². The predicted octanol–water partition coefficient (Wildman–Crippen LogP) is 3.26. The van der Waals surface area contributed by atoms with Crippen LogP contribution in [0.15, 0.2) is 36.4 Å². The van der Waals surface area contributed by atoms with Crippen LogP contribution in [0.4, 0.5) is 10.1 Å². The van der Waals surface area contributed by atoms with E-state index < -0.39 is 5.82 Å². The molecule has 84 valence electrons. The van der Waals surface area contributed by atoms with E-state index in [-0.39, 0.29) is 0 Å². The number of hydrogen-bond acceptors (Lipinski definition) is 2. The highest BCUT2D eigenvalue weighted by Gasteiger charge is 2.08. The quantitative estimate of drug-likeness (QED) is 0.759. The monoisotopic (exact) mass is 226 g/mol. The lowest BCUT2D eigenvalue weighted by Gasteiger charge is -2.09. The zero-order valence-corrected chi connectivity index (χ0v) is 9.37. The largest absolute Gasteiger partial charge is 0.399 e. The first-order valence-corrected chi connectivity index (χ1v) is 5.18. The smallest absolute Gasteiger partial charge is 0.124 e. The van der Waals surface area contributed by atoms with E-state index in [1.807, 2.05) is 19.1 Å². The van der Waals surface area contributed by atoms with Crippen LogP contribution in [0.3, 0.4) is 0 Å². The molecule has 17 heavy (non-hydrogen) atoms. The molecule has 0 aliphatic rings. The van der Waals surface area contributed by atoms with Gasteiger partial charge in [0.2, 0.25) is 0 Å². The SMILES string of the molecule is Cc1ccc(N)cc1-c1ccc(F)cc1C#N. The summed E-state index contributed by atoms with van der Waals surface area (Å²) in [5, 5.41) is 9.02. The molecule has 0 amide bonds. The summed E-state index contributed by atoms with van der Waals surface area (Å²) >= 11 is 0. The van der Waals surface area contributed by atoms with Crippen LogP contribution in [0.1, 0.15) is 11.1 Å². The first kappa shape index (κ1) is 11.2. The number of anilines is 1. The van der Waals surface area contributed by atoms with Gasteiger partial charge in [-0.2, -0.15) is 5.26 Å². The molecule has 0 saturated heterocycles. The standard InChI is InChI=1S/C14H11FN2/c1-9-2-4-12(17)7-14(9)13-5-3-11(15)6-10(13)8-16/h2-7H,17H2,1H3. The highest BCUT2D eigenvalue weighted by Crippen LogP contribution is 2.28. The van der Waals surface area contributed by atoms with Gasteiger partial charge >= 0.3 is 0 Å². The Bertz CT molecular complexity index is 612. The number of aryl methyl sites for hydroxylation is 1. The lowest BCUT2D eigenvalue weighted by atomic mass is 9.96. The second-order valence-electron chi connectivity index (χ2n) is 3.88. The van der Waals surface area contributed by atoms with Crippen LogP contribution in [-0.4, -0.2) is 0 Å². The topological polar surface area (TPSA) is 49.8 Å². The number of nitrogens with two attached hydrogens (primary N) is 1. The second kappa shape index (κ2) is 4.26. The normalized spacial score (nSPS) is 9.94. The summed E-state index contributed by atoms with van der Waals surface area (Å²) < 4.78 is 13.1. The molecule has 0 bridgehead atoms. The van der Waals surface area contributed by atoms with Gasteiger partial charge in [0.25, 0.3) is 0 Å². The molecule has 2 rings (SSSR count).